The fourth-order valence-corrected chi connectivity index (χ4v) is 4.73. The highest BCUT2D eigenvalue weighted by Gasteiger charge is 2.31. The number of hydrogen-bond acceptors (Lipinski definition) is 5. The molecule has 2 aliphatic heterocycles. The molecule has 6 nitrogen and oxygen atoms in total. The molecule has 0 amide bonds. The van der Waals surface area contributed by atoms with Crippen LogP contribution < -0.4 is 0 Å². The first-order valence-corrected chi connectivity index (χ1v) is 10.3. The molecule has 0 aromatic heterocycles. The average molecular weight is 347 g/mol. The summed E-state index contributed by atoms with van der Waals surface area (Å²) in [6.45, 7) is 6.00. The van der Waals surface area contributed by atoms with Gasteiger partial charge in [0.2, 0.25) is 0 Å². The molecule has 0 bridgehead atoms. The van der Waals surface area contributed by atoms with Gasteiger partial charge in [0.05, 0.1) is 19.8 Å². The van der Waals surface area contributed by atoms with Crippen molar-refractivity contribution in [3.05, 3.63) is 11.6 Å². The van der Waals surface area contributed by atoms with Gasteiger partial charge in [-0.1, -0.05) is 11.6 Å². The minimum absolute atomic E-state index is 0.0643. The van der Waals surface area contributed by atoms with Crippen LogP contribution in [0.5, 0.6) is 0 Å². The van der Waals surface area contributed by atoms with Crippen LogP contribution in [0.4, 0.5) is 0 Å². The Morgan fingerprint density at radius 1 is 1.30 bits per heavy atom. The van der Waals surface area contributed by atoms with E-state index in [4.69, 9.17) is 18.7 Å². The molecule has 2 aliphatic rings. The van der Waals surface area contributed by atoms with Gasteiger partial charge in [-0.05, 0) is 32.6 Å². The van der Waals surface area contributed by atoms with Gasteiger partial charge in [-0.25, -0.2) is 4.67 Å². The van der Waals surface area contributed by atoms with Crippen LogP contribution in [0.25, 0.3) is 0 Å². The lowest BCUT2D eigenvalue weighted by molar-refractivity contribution is -0.156. The smallest absolute Gasteiger partial charge is 0.272 e. The molecule has 23 heavy (non-hydrogen) atoms. The number of allylic oxidation sites excluding steroid dienone is 1. The summed E-state index contributed by atoms with van der Waals surface area (Å²) in [6.07, 6.45) is 6.56. The van der Waals surface area contributed by atoms with E-state index in [1.165, 1.54) is 13.5 Å². The van der Waals surface area contributed by atoms with Gasteiger partial charge >= 0.3 is 0 Å². The van der Waals surface area contributed by atoms with E-state index >= 15 is 0 Å². The SMILES string of the molecule is COP(=O)(CC/C=C(/C)COC1CCCCO1)N1CCOCC1. The summed E-state index contributed by atoms with van der Waals surface area (Å²) < 4.78 is 36.8. The zero-order valence-electron chi connectivity index (χ0n) is 14.4. The van der Waals surface area contributed by atoms with Crippen LogP contribution in [0.3, 0.4) is 0 Å². The van der Waals surface area contributed by atoms with Gasteiger partial charge in [-0.3, -0.25) is 4.57 Å². The Bertz CT molecular complexity index is 417. The Kier molecular flexibility index (Phi) is 8.24. The monoisotopic (exact) mass is 347 g/mol. The van der Waals surface area contributed by atoms with E-state index in [2.05, 4.69) is 6.08 Å². The largest absolute Gasteiger partial charge is 0.379 e. The van der Waals surface area contributed by atoms with Gasteiger partial charge in [0, 0.05) is 33.0 Å². The van der Waals surface area contributed by atoms with Crippen molar-refractivity contribution in [2.75, 3.05) is 52.8 Å². The molecule has 2 heterocycles. The lowest BCUT2D eigenvalue weighted by Gasteiger charge is -2.32. The van der Waals surface area contributed by atoms with Gasteiger partial charge in [0.15, 0.2) is 6.29 Å². The second kappa shape index (κ2) is 9.92. The number of rotatable bonds is 8. The maximum Gasteiger partial charge on any atom is 0.272 e. The van der Waals surface area contributed by atoms with Gasteiger partial charge in [0.25, 0.3) is 7.52 Å². The first kappa shape index (κ1) is 19.1. The van der Waals surface area contributed by atoms with Gasteiger partial charge in [-0.15, -0.1) is 0 Å². The summed E-state index contributed by atoms with van der Waals surface area (Å²) in [5.41, 5.74) is 1.14. The fraction of sp³-hybridized carbons (Fsp3) is 0.875. The van der Waals surface area contributed by atoms with Crippen LogP contribution >= 0.6 is 7.52 Å². The third-order valence-corrected chi connectivity index (χ3v) is 6.90. The molecular formula is C16H30NO5P. The van der Waals surface area contributed by atoms with Crippen molar-refractivity contribution in [3.8, 4) is 0 Å². The summed E-state index contributed by atoms with van der Waals surface area (Å²) in [7, 11) is -1.20. The number of morpholine rings is 1. The Hall–Kier alpha value is -0.230. The highest BCUT2D eigenvalue weighted by Crippen LogP contribution is 2.50. The van der Waals surface area contributed by atoms with Crippen LogP contribution in [0.2, 0.25) is 0 Å². The molecule has 0 radical (unpaired) electrons. The molecule has 0 spiro atoms. The van der Waals surface area contributed by atoms with E-state index in [0.29, 0.717) is 39.1 Å². The maximum absolute atomic E-state index is 12.9. The summed E-state index contributed by atoms with van der Waals surface area (Å²) in [5.74, 6) is 0. The predicted molar refractivity (Wildman–Crippen MR) is 89.8 cm³/mol. The molecule has 0 saturated carbocycles. The number of ether oxygens (including phenoxy) is 3. The lowest BCUT2D eigenvalue weighted by atomic mass is 10.2. The summed E-state index contributed by atoms with van der Waals surface area (Å²) in [6, 6.07) is 0. The maximum atomic E-state index is 12.9. The zero-order chi connectivity index (χ0) is 16.5. The molecule has 7 heteroatoms. The fourth-order valence-electron chi connectivity index (χ4n) is 2.81. The summed E-state index contributed by atoms with van der Waals surface area (Å²) in [5, 5.41) is 0. The summed E-state index contributed by atoms with van der Waals surface area (Å²) >= 11 is 0. The quantitative estimate of drug-likeness (QED) is 0.497. The third kappa shape index (κ3) is 6.29. The van der Waals surface area contributed by atoms with Crippen molar-refractivity contribution >= 4 is 7.52 Å². The molecule has 0 aromatic rings. The van der Waals surface area contributed by atoms with Crippen molar-refractivity contribution in [3.63, 3.8) is 0 Å². The third-order valence-electron chi connectivity index (χ3n) is 4.24. The lowest BCUT2D eigenvalue weighted by Crippen LogP contribution is -2.34. The highest BCUT2D eigenvalue weighted by atomic mass is 31.2. The molecule has 2 saturated heterocycles. The van der Waals surface area contributed by atoms with Crippen molar-refractivity contribution in [2.45, 2.75) is 38.9 Å². The van der Waals surface area contributed by atoms with Crippen molar-refractivity contribution in [2.24, 2.45) is 0 Å². The second-order valence-corrected chi connectivity index (χ2v) is 8.71. The Morgan fingerprint density at radius 3 is 2.74 bits per heavy atom. The molecular weight excluding hydrogens is 317 g/mol. The topological polar surface area (TPSA) is 57.2 Å². The van der Waals surface area contributed by atoms with Gasteiger partial charge in [0.1, 0.15) is 0 Å². The molecule has 0 aliphatic carbocycles. The van der Waals surface area contributed by atoms with Crippen LogP contribution in [0.15, 0.2) is 11.6 Å². The molecule has 2 atom stereocenters. The molecule has 2 unspecified atom stereocenters. The summed E-state index contributed by atoms with van der Waals surface area (Å²) in [4.78, 5) is 0. The Labute approximate surface area is 139 Å². The van der Waals surface area contributed by atoms with Crippen molar-refractivity contribution in [1.82, 2.24) is 4.67 Å². The van der Waals surface area contributed by atoms with E-state index in [9.17, 15) is 4.57 Å². The van der Waals surface area contributed by atoms with Gasteiger partial charge in [-0.2, -0.15) is 0 Å². The Morgan fingerprint density at radius 2 is 2.09 bits per heavy atom. The number of nitrogens with zero attached hydrogens (tertiary/aromatic N) is 1. The normalized spacial score (nSPS) is 26.9. The highest BCUT2D eigenvalue weighted by molar-refractivity contribution is 7.56. The first-order chi connectivity index (χ1) is 11.1. The zero-order valence-corrected chi connectivity index (χ0v) is 15.3. The van der Waals surface area contributed by atoms with E-state index in [0.717, 1.165) is 31.4 Å². The second-order valence-electron chi connectivity index (χ2n) is 6.06. The molecule has 0 aromatic carbocycles. The van der Waals surface area contributed by atoms with Crippen LogP contribution in [0.1, 0.15) is 32.6 Å². The van der Waals surface area contributed by atoms with E-state index in [-0.39, 0.29) is 6.29 Å². The van der Waals surface area contributed by atoms with E-state index in [1.54, 1.807) is 0 Å². The van der Waals surface area contributed by atoms with E-state index < -0.39 is 7.52 Å². The standard InChI is InChI=1S/C16H30NO5P/c1-15(14-22-16-7-3-4-10-21-16)6-5-13-23(18,19-2)17-8-11-20-12-9-17/h6,16H,3-5,7-14H2,1-2H3/b15-6-. The number of hydrogen-bond donors (Lipinski definition) is 0. The predicted octanol–water partition coefficient (Wildman–Crippen LogP) is 3.04. The molecule has 2 fully saturated rings. The first-order valence-electron chi connectivity index (χ1n) is 8.51. The van der Waals surface area contributed by atoms with Crippen LogP contribution in [0, 0.1) is 0 Å². The van der Waals surface area contributed by atoms with Crippen molar-refractivity contribution < 1.29 is 23.3 Å². The van der Waals surface area contributed by atoms with Crippen LogP contribution in [-0.4, -0.2) is 63.7 Å². The van der Waals surface area contributed by atoms with Gasteiger partial charge < -0.3 is 18.7 Å². The Balaban J connectivity index is 1.73. The van der Waals surface area contributed by atoms with E-state index in [1.807, 2.05) is 11.6 Å². The molecule has 0 N–H and O–H groups in total. The average Bonchev–Trinajstić information content (AvgIpc) is 2.61. The molecule has 2 rings (SSSR count). The molecule has 134 valence electrons. The minimum atomic E-state index is -2.73. The van der Waals surface area contributed by atoms with Crippen LogP contribution in [-0.2, 0) is 23.3 Å². The minimum Gasteiger partial charge on any atom is -0.379 e. The van der Waals surface area contributed by atoms with Crippen molar-refractivity contribution in [1.29, 1.82) is 0 Å².